The fourth-order valence-electron chi connectivity index (χ4n) is 1.63. The van der Waals surface area contributed by atoms with Crippen molar-refractivity contribution in [3.8, 4) is 0 Å². The van der Waals surface area contributed by atoms with Crippen LogP contribution in [0.4, 0.5) is 16.2 Å². The average Bonchev–Trinajstić information content (AvgIpc) is 2.81. The van der Waals surface area contributed by atoms with Crippen LogP contribution in [0.1, 0.15) is 0 Å². The van der Waals surface area contributed by atoms with Gasteiger partial charge in [0.1, 0.15) is 6.33 Å². The Bertz CT molecular complexity index is 551. The molecular formula is C12H13ClN4O. The number of amides is 1. The molecule has 6 heteroatoms. The molecule has 0 saturated heterocycles. The van der Waals surface area contributed by atoms with E-state index >= 15 is 0 Å². The number of carbonyl (C=O) groups excluding carboxylic acids is 1. The highest BCUT2D eigenvalue weighted by Gasteiger charge is 2.12. The molecule has 94 valence electrons. The molecule has 0 saturated carbocycles. The Morgan fingerprint density at radius 3 is 2.83 bits per heavy atom. The van der Waals surface area contributed by atoms with Crippen LogP contribution in [-0.4, -0.2) is 29.7 Å². The third-order valence-corrected chi connectivity index (χ3v) is 2.72. The van der Waals surface area contributed by atoms with Gasteiger partial charge in [-0.2, -0.15) is 0 Å². The van der Waals surface area contributed by atoms with Crippen molar-refractivity contribution in [3.05, 3.63) is 41.9 Å². The van der Waals surface area contributed by atoms with E-state index in [2.05, 4.69) is 10.3 Å². The van der Waals surface area contributed by atoms with Crippen molar-refractivity contribution in [2.75, 3.05) is 24.3 Å². The van der Waals surface area contributed by atoms with Crippen LogP contribution in [0.15, 0.2) is 36.9 Å². The molecule has 1 aromatic heterocycles. The van der Waals surface area contributed by atoms with Crippen LogP contribution < -0.4 is 10.2 Å². The first-order chi connectivity index (χ1) is 8.59. The Kier molecular flexibility index (Phi) is 3.53. The summed E-state index contributed by atoms with van der Waals surface area (Å²) in [4.78, 5) is 17.6. The van der Waals surface area contributed by atoms with Gasteiger partial charge < -0.3 is 10.2 Å². The van der Waals surface area contributed by atoms with E-state index in [4.69, 9.17) is 11.6 Å². The Morgan fingerprint density at radius 2 is 2.22 bits per heavy atom. The Hall–Kier alpha value is -2.01. The minimum atomic E-state index is -0.280. The molecule has 2 aromatic rings. The highest BCUT2D eigenvalue weighted by molar-refractivity contribution is 6.34. The number of carbonyl (C=O) groups is 1. The number of aromatic nitrogens is 2. The number of para-hydroxylation sites is 1. The molecule has 2 rings (SSSR count). The van der Waals surface area contributed by atoms with Gasteiger partial charge in [0.25, 0.3) is 0 Å². The van der Waals surface area contributed by atoms with Crippen molar-refractivity contribution in [2.45, 2.75) is 0 Å². The highest BCUT2D eigenvalue weighted by Crippen LogP contribution is 2.32. The van der Waals surface area contributed by atoms with Crippen molar-refractivity contribution in [1.82, 2.24) is 9.55 Å². The molecular weight excluding hydrogens is 252 g/mol. The fraction of sp³-hybridized carbons (Fsp3) is 0.167. The van der Waals surface area contributed by atoms with Gasteiger partial charge in [-0.1, -0.05) is 17.7 Å². The maximum Gasteiger partial charge on any atom is 0.331 e. The first-order valence-electron chi connectivity index (χ1n) is 5.34. The van der Waals surface area contributed by atoms with Crippen LogP contribution in [0.5, 0.6) is 0 Å². The van der Waals surface area contributed by atoms with Crippen LogP contribution >= 0.6 is 11.6 Å². The maximum absolute atomic E-state index is 11.9. The smallest absolute Gasteiger partial charge is 0.331 e. The van der Waals surface area contributed by atoms with E-state index in [0.717, 1.165) is 5.69 Å². The van der Waals surface area contributed by atoms with Crippen LogP contribution in [0.2, 0.25) is 5.02 Å². The largest absolute Gasteiger partial charge is 0.375 e. The number of rotatable bonds is 2. The van der Waals surface area contributed by atoms with Crippen LogP contribution in [0.3, 0.4) is 0 Å². The minimum Gasteiger partial charge on any atom is -0.375 e. The second-order valence-electron chi connectivity index (χ2n) is 3.93. The first-order valence-corrected chi connectivity index (χ1v) is 5.72. The fourth-order valence-corrected chi connectivity index (χ4v) is 1.97. The van der Waals surface area contributed by atoms with Gasteiger partial charge in [0.15, 0.2) is 0 Å². The van der Waals surface area contributed by atoms with E-state index in [9.17, 15) is 4.79 Å². The van der Waals surface area contributed by atoms with Gasteiger partial charge in [-0.15, -0.1) is 0 Å². The number of halogens is 1. The van der Waals surface area contributed by atoms with Gasteiger partial charge in [-0.05, 0) is 12.1 Å². The number of anilines is 2. The second kappa shape index (κ2) is 5.10. The zero-order valence-electron chi connectivity index (χ0n) is 10.1. The molecule has 0 radical (unpaired) electrons. The number of nitrogens with zero attached hydrogens (tertiary/aromatic N) is 3. The first kappa shape index (κ1) is 12.4. The van der Waals surface area contributed by atoms with E-state index in [1.54, 1.807) is 30.6 Å². The maximum atomic E-state index is 11.9. The van der Waals surface area contributed by atoms with Crippen LogP contribution in [0, 0.1) is 0 Å². The Labute approximate surface area is 110 Å². The number of benzene rings is 1. The summed E-state index contributed by atoms with van der Waals surface area (Å²) in [6.07, 6.45) is 4.56. The summed E-state index contributed by atoms with van der Waals surface area (Å²) in [6, 6.07) is 5.09. The molecule has 0 aliphatic rings. The summed E-state index contributed by atoms with van der Waals surface area (Å²) < 4.78 is 1.36. The summed E-state index contributed by atoms with van der Waals surface area (Å²) in [5.74, 6) is 0. The topological polar surface area (TPSA) is 50.2 Å². The number of hydrogen-bond acceptors (Lipinski definition) is 3. The predicted octanol–water partition coefficient (Wildman–Crippen LogP) is 2.68. The monoisotopic (exact) mass is 264 g/mol. The van der Waals surface area contributed by atoms with Gasteiger partial charge in [-0.25, -0.2) is 9.78 Å². The SMILES string of the molecule is CN(C)c1c(Cl)cccc1NC(=O)n1ccnc1. The summed E-state index contributed by atoms with van der Waals surface area (Å²) >= 11 is 6.12. The lowest BCUT2D eigenvalue weighted by atomic mass is 10.2. The van der Waals surface area contributed by atoms with E-state index < -0.39 is 0 Å². The van der Waals surface area contributed by atoms with Crippen molar-refractivity contribution < 1.29 is 4.79 Å². The van der Waals surface area contributed by atoms with Gasteiger partial charge in [0.05, 0.1) is 16.4 Å². The van der Waals surface area contributed by atoms with E-state index in [1.165, 1.54) is 10.9 Å². The van der Waals surface area contributed by atoms with Crippen molar-refractivity contribution in [1.29, 1.82) is 0 Å². The van der Waals surface area contributed by atoms with E-state index in [1.807, 2.05) is 19.0 Å². The third-order valence-electron chi connectivity index (χ3n) is 2.41. The second-order valence-corrected chi connectivity index (χ2v) is 4.34. The molecule has 0 bridgehead atoms. The lowest BCUT2D eigenvalue weighted by Gasteiger charge is -2.19. The molecule has 0 aliphatic heterocycles. The molecule has 1 heterocycles. The third kappa shape index (κ3) is 2.46. The normalized spacial score (nSPS) is 10.2. The lowest BCUT2D eigenvalue weighted by molar-refractivity contribution is 0.253. The average molecular weight is 265 g/mol. The molecule has 18 heavy (non-hydrogen) atoms. The quantitative estimate of drug-likeness (QED) is 0.907. The molecule has 1 amide bonds. The van der Waals surface area contributed by atoms with Gasteiger partial charge in [0.2, 0.25) is 0 Å². The standard InChI is InChI=1S/C12H13ClN4O/c1-16(2)11-9(13)4-3-5-10(11)15-12(18)17-7-6-14-8-17/h3-8H,1-2H3,(H,15,18). The molecule has 0 fully saturated rings. The van der Waals surface area contributed by atoms with Gasteiger partial charge in [-0.3, -0.25) is 4.57 Å². The zero-order chi connectivity index (χ0) is 13.1. The molecule has 5 nitrogen and oxygen atoms in total. The molecule has 0 atom stereocenters. The van der Waals surface area contributed by atoms with Crippen LogP contribution in [-0.2, 0) is 0 Å². The number of nitrogens with one attached hydrogen (secondary N) is 1. The van der Waals surface area contributed by atoms with Gasteiger partial charge >= 0.3 is 6.03 Å². The summed E-state index contributed by atoms with van der Waals surface area (Å²) in [6.45, 7) is 0. The summed E-state index contributed by atoms with van der Waals surface area (Å²) in [5, 5.41) is 3.38. The highest BCUT2D eigenvalue weighted by atomic mass is 35.5. The van der Waals surface area contributed by atoms with Crippen molar-refractivity contribution in [3.63, 3.8) is 0 Å². The molecule has 0 spiro atoms. The molecule has 1 N–H and O–H groups in total. The molecule has 1 aromatic carbocycles. The minimum absolute atomic E-state index is 0.280. The zero-order valence-corrected chi connectivity index (χ0v) is 10.8. The molecule has 0 aliphatic carbocycles. The number of imidazole rings is 1. The number of hydrogen-bond donors (Lipinski definition) is 1. The van der Waals surface area contributed by atoms with E-state index in [0.29, 0.717) is 10.7 Å². The van der Waals surface area contributed by atoms with Crippen molar-refractivity contribution >= 4 is 29.0 Å². The predicted molar refractivity (Wildman–Crippen MR) is 72.4 cm³/mol. The summed E-state index contributed by atoms with van der Waals surface area (Å²) in [5.41, 5.74) is 1.43. The summed E-state index contributed by atoms with van der Waals surface area (Å²) in [7, 11) is 3.74. The Balaban J connectivity index is 2.29. The van der Waals surface area contributed by atoms with Gasteiger partial charge in [0, 0.05) is 26.5 Å². The Morgan fingerprint density at radius 1 is 1.44 bits per heavy atom. The van der Waals surface area contributed by atoms with Crippen molar-refractivity contribution in [2.24, 2.45) is 0 Å². The van der Waals surface area contributed by atoms with Crippen LogP contribution in [0.25, 0.3) is 0 Å². The lowest BCUT2D eigenvalue weighted by Crippen LogP contribution is -2.20. The molecule has 0 unspecified atom stereocenters. The van der Waals surface area contributed by atoms with E-state index in [-0.39, 0.29) is 6.03 Å².